The molecule has 0 atom stereocenters. The van der Waals surface area contributed by atoms with Gasteiger partial charge in [0.1, 0.15) is 11.6 Å². The number of rotatable bonds is 7. The maximum absolute atomic E-state index is 12.8. The molecule has 0 aliphatic heterocycles. The fourth-order valence-electron chi connectivity index (χ4n) is 1.92. The van der Waals surface area contributed by atoms with Crippen molar-refractivity contribution in [2.75, 3.05) is 6.61 Å². The topological polar surface area (TPSA) is 38.3 Å². The molecule has 0 unspecified atom stereocenters. The molecule has 2 aromatic rings. The lowest BCUT2D eigenvalue weighted by molar-refractivity contribution is -0.116. The van der Waals surface area contributed by atoms with Crippen LogP contribution in [0.1, 0.15) is 24.5 Å². The predicted molar refractivity (Wildman–Crippen MR) is 89.5 cm³/mol. The summed E-state index contributed by atoms with van der Waals surface area (Å²) in [7, 11) is 0. The number of amides is 1. The maximum Gasteiger partial charge on any atom is 0.244 e. The Morgan fingerprint density at radius 1 is 1.13 bits per heavy atom. The summed E-state index contributed by atoms with van der Waals surface area (Å²) >= 11 is 0. The second-order valence-corrected chi connectivity index (χ2v) is 5.10. The summed E-state index contributed by atoms with van der Waals surface area (Å²) in [5, 5.41) is 2.76. The number of hydrogen-bond acceptors (Lipinski definition) is 2. The monoisotopic (exact) mass is 313 g/mol. The molecule has 0 spiro atoms. The quantitative estimate of drug-likeness (QED) is 0.786. The van der Waals surface area contributed by atoms with Gasteiger partial charge < -0.3 is 10.1 Å². The molecule has 1 amide bonds. The van der Waals surface area contributed by atoms with Gasteiger partial charge in [-0.2, -0.15) is 0 Å². The van der Waals surface area contributed by atoms with Crippen molar-refractivity contribution in [3.05, 3.63) is 71.6 Å². The smallest absolute Gasteiger partial charge is 0.244 e. The molecule has 0 saturated heterocycles. The molecule has 0 saturated carbocycles. The Hall–Kier alpha value is -2.62. The first kappa shape index (κ1) is 16.7. The van der Waals surface area contributed by atoms with Crippen molar-refractivity contribution >= 4 is 12.0 Å². The Labute approximate surface area is 135 Å². The molecule has 0 fully saturated rings. The van der Waals surface area contributed by atoms with Crippen molar-refractivity contribution in [2.45, 2.75) is 19.9 Å². The number of carbonyl (C=O) groups excluding carboxylic acids is 1. The van der Waals surface area contributed by atoms with Gasteiger partial charge in [-0.1, -0.05) is 31.2 Å². The lowest BCUT2D eigenvalue weighted by Gasteiger charge is -2.04. The Morgan fingerprint density at radius 2 is 1.83 bits per heavy atom. The second-order valence-electron chi connectivity index (χ2n) is 5.10. The molecule has 0 radical (unpaired) electrons. The Morgan fingerprint density at radius 3 is 2.48 bits per heavy atom. The molecule has 0 aliphatic rings. The summed E-state index contributed by atoms with van der Waals surface area (Å²) < 4.78 is 18.3. The molecular formula is C19H20FNO2. The van der Waals surface area contributed by atoms with Crippen molar-refractivity contribution in [3.8, 4) is 5.75 Å². The number of ether oxygens (including phenoxy) is 1. The third-order valence-corrected chi connectivity index (χ3v) is 3.16. The first-order valence-corrected chi connectivity index (χ1v) is 7.60. The van der Waals surface area contributed by atoms with E-state index in [9.17, 15) is 9.18 Å². The first-order valence-electron chi connectivity index (χ1n) is 7.60. The average molecular weight is 313 g/mol. The molecule has 0 bridgehead atoms. The molecule has 4 heteroatoms. The van der Waals surface area contributed by atoms with Gasteiger partial charge in [0, 0.05) is 12.6 Å². The number of carbonyl (C=O) groups is 1. The lowest BCUT2D eigenvalue weighted by Crippen LogP contribution is -2.20. The van der Waals surface area contributed by atoms with E-state index in [4.69, 9.17) is 4.74 Å². The van der Waals surface area contributed by atoms with Crippen LogP contribution < -0.4 is 10.1 Å². The second kappa shape index (κ2) is 8.73. The minimum atomic E-state index is -0.286. The SMILES string of the molecule is CCCOc1ccc(/C=C/C(=O)NCc2ccc(F)cc2)cc1. The van der Waals surface area contributed by atoms with E-state index in [1.807, 2.05) is 24.3 Å². The van der Waals surface area contributed by atoms with Crippen LogP contribution in [0.25, 0.3) is 6.08 Å². The number of halogens is 1. The molecule has 0 heterocycles. The molecular weight excluding hydrogens is 293 g/mol. The molecule has 3 nitrogen and oxygen atoms in total. The lowest BCUT2D eigenvalue weighted by atomic mass is 10.2. The van der Waals surface area contributed by atoms with Crippen molar-refractivity contribution in [2.24, 2.45) is 0 Å². The fourth-order valence-corrected chi connectivity index (χ4v) is 1.92. The van der Waals surface area contributed by atoms with Gasteiger partial charge in [0.05, 0.1) is 6.61 Å². The predicted octanol–water partition coefficient (Wildman–Crippen LogP) is 3.94. The molecule has 0 aromatic heterocycles. The third-order valence-electron chi connectivity index (χ3n) is 3.16. The highest BCUT2D eigenvalue weighted by atomic mass is 19.1. The number of benzene rings is 2. The van der Waals surface area contributed by atoms with Gasteiger partial charge in [0.15, 0.2) is 0 Å². The maximum atomic E-state index is 12.8. The van der Waals surface area contributed by atoms with E-state index in [-0.39, 0.29) is 11.7 Å². The highest BCUT2D eigenvalue weighted by Gasteiger charge is 1.98. The van der Waals surface area contributed by atoms with Gasteiger partial charge in [-0.3, -0.25) is 4.79 Å². The summed E-state index contributed by atoms with van der Waals surface area (Å²) in [6.07, 6.45) is 4.19. The van der Waals surface area contributed by atoms with Crippen LogP contribution in [0.4, 0.5) is 4.39 Å². The van der Waals surface area contributed by atoms with Crippen LogP contribution in [0.3, 0.4) is 0 Å². The Balaban J connectivity index is 1.82. The van der Waals surface area contributed by atoms with Gasteiger partial charge in [-0.25, -0.2) is 4.39 Å². The van der Waals surface area contributed by atoms with E-state index in [2.05, 4.69) is 12.2 Å². The van der Waals surface area contributed by atoms with Gasteiger partial charge in [-0.05, 0) is 47.9 Å². The van der Waals surface area contributed by atoms with Crippen molar-refractivity contribution < 1.29 is 13.9 Å². The molecule has 23 heavy (non-hydrogen) atoms. The van der Waals surface area contributed by atoms with Crippen LogP contribution in [0, 0.1) is 5.82 Å². The minimum Gasteiger partial charge on any atom is -0.494 e. The van der Waals surface area contributed by atoms with Gasteiger partial charge in [0.25, 0.3) is 0 Å². The highest BCUT2D eigenvalue weighted by Crippen LogP contribution is 2.13. The van der Waals surface area contributed by atoms with E-state index in [1.165, 1.54) is 18.2 Å². The minimum absolute atomic E-state index is 0.194. The molecule has 0 aliphatic carbocycles. The van der Waals surface area contributed by atoms with Gasteiger partial charge in [0.2, 0.25) is 5.91 Å². The van der Waals surface area contributed by atoms with E-state index in [0.29, 0.717) is 13.2 Å². The fraction of sp³-hybridized carbons (Fsp3) is 0.211. The molecule has 2 rings (SSSR count). The Bertz CT molecular complexity index is 648. The van der Waals surface area contributed by atoms with Crippen LogP contribution in [0.2, 0.25) is 0 Å². The zero-order valence-electron chi connectivity index (χ0n) is 13.1. The molecule has 2 aromatic carbocycles. The number of nitrogens with one attached hydrogen (secondary N) is 1. The van der Waals surface area contributed by atoms with Gasteiger partial charge >= 0.3 is 0 Å². The van der Waals surface area contributed by atoms with Crippen LogP contribution in [-0.4, -0.2) is 12.5 Å². The Kier molecular flexibility index (Phi) is 6.36. The molecule has 1 N–H and O–H groups in total. The van der Waals surface area contributed by atoms with Crippen LogP contribution >= 0.6 is 0 Å². The van der Waals surface area contributed by atoms with Crippen molar-refractivity contribution in [1.82, 2.24) is 5.32 Å². The zero-order chi connectivity index (χ0) is 16.5. The third kappa shape index (κ3) is 5.94. The highest BCUT2D eigenvalue weighted by molar-refractivity contribution is 5.91. The van der Waals surface area contributed by atoms with Crippen LogP contribution in [0.5, 0.6) is 5.75 Å². The summed E-state index contributed by atoms with van der Waals surface area (Å²) in [6, 6.07) is 13.6. The summed E-state index contributed by atoms with van der Waals surface area (Å²) in [4.78, 5) is 11.8. The normalized spacial score (nSPS) is 10.7. The standard InChI is InChI=1S/C19H20FNO2/c1-2-13-23-18-10-5-15(6-11-18)7-12-19(22)21-14-16-3-8-17(20)9-4-16/h3-12H,2,13-14H2,1H3,(H,21,22)/b12-7+. The van der Waals surface area contributed by atoms with E-state index >= 15 is 0 Å². The number of hydrogen-bond donors (Lipinski definition) is 1. The van der Waals surface area contributed by atoms with Crippen LogP contribution in [-0.2, 0) is 11.3 Å². The van der Waals surface area contributed by atoms with Crippen LogP contribution in [0.15, 0.2) is 54.6 Å². The van der Waals surface area contributed by atoms with E-state index in [0.717, 1.165) is 23.3 Å². The summed E-state index contributed by atoms with van der Waals surface area (Å²) in [5.74, 6) is 0.344. The van der Waals surface area contributed by atoms with Crippen molar-refractivity contribution in [3.63, 3.8) is 0 Å². The molecule has 120 valence electrons. The largest absolute Gasteiger partial charge is 0.494 e. The average Bonchev–Trinajstić information content (AvgIpc) is 2.58. The van der Waals surface area contributed by atoms with E-state index in [1.54, 1.807) is 18.2 Å². The van der Waals surface area contributed by atoms with Crippen molar-refractivity contribution in [1.29, 1.82) is 0 Å². The summed E-state index contributed by atoms with van der Waals surface area (Å²) in [5.41, 5.74) is 1.77. The van der Waals surface area contributed by atoms with Gasteiger partial charge in [-0.15, -0.1) is 0 Å². The zero-order valence-corrected chi connectivity index (χ0v) is 13.1. The van der Waals surface area contributed by atoms with E-state index < -0.39 is 0 Å². The summed E-state index contributed by atoms with van der Waals surface area (Å²) in [6.45, 7) is 3.12. The first-order chi connectivity index (χ1) is 11.2.